The number of rotatable bonds is 6. The number of aryl methyl sites for hydroxylation is 1. The molecule has 0 fully saturated rings. The fourth-order valence-electron chi connectivity index (χ4n) is 3.15. The summed E-state index contributed by atoms with van der Waals surface area (Å²) in [6.07, 6.45) is 0. The van der Waals surface area contributed by atoms with E-state index in [4.69, 9.17) is 16.3 Å². The van der Waals surface area contributed by atoms with Crippen molar-refractivity contribution in [3.8, 4) is 16.3 Å². The van der Waals surface area contributed by atoms with Crippen molar-refractivity contribution in [2.45, 2.75) is 13.8 Å². The van der Waals surface area contributed by atoms with Gasteiger partial charge in [-0.15, -0.1) is 11.3 Å². The standard InChI is InChI=1S/C23H19ClN4O3S/c1-14-21(15(2)28(27-14)18-9-4-3-5-10-18)26-20(29)12-31-23(30)19-13-32-22(25-19)16-7-6-8-17(24)11-16/h3-11,13H,12H2,1-2H3,(H,26,29). The molecule has 2 aromatic carbocycles. The second-order valence-corrected chi connectivity index (χ2v) is 8.26. The zero-order chi connectivity index (χ0) is 22.7. The maximum absolute atomic E-state index is 12.4. The normalized spacial score (nSPS) is 10.7. The molecule has 2 heterocycles. The molecule has 0 bridgehead atoms. The van der Waals surface area contributed by atoms with Crippen molar-refractivity contribution in [3.05, 3.63) is 82.1 Å². The number of benzene rings is 2. The first kappa shape index (κ1) is 21.7. The van der Waals surface area contributed by atoms with Gasteiger partial charge in [-0.25, -0.2) is 14.5 Å². The van der Waals surface area contributed by atoms with Crippen LogP contribution in [0, 0.1) is 13.8 Å². The Morgan fingerprint density at radius 2 is 1.91 bits per heavy atom. The zero-order valence-corrected chi connectivity index (χ0v) is 18.9. The Bertz CT molecular complexity index is 1280. The lowest BCUT2D eigenvalue weighted by molar-refractivity contribution is -0.119. The van der Waals surface area contributed by atoms with Crippen molar-refractivity contribution in [2.75, 3.05) is 11.9 Å². The summed E-state index contributed by atoms with van der Waals surface area (Å²) in [4.78, 5) is 29.0. The molecule has 9 heteroatoms. The van der Waals surface area contributed by atoms with E-state index in [1.54, 1.807) is 29.1 Å². The van der Waals surface area contributed by atoms with Gasteiger partial charge < -0.3 is 10.1 Å². The van der Waals surface area contributed by atoms with Crippen LogP contribution in [0.15, 0.2) is 60.0 Å². The molecular weight excluding hydrogens is 448 g/mol. The number of hydrogen-bond acceptors (Lipinski definition) is 6. The van der Waals surface area contributed by atoms with E-state index >= 15 is 0 Å². The number of nitrogens with zero attached hydrogens (tertiary/aromatic N) is 3. The van der Waals surface area contributed by atoms with Gasteiger partial charge in [-0.3, -0.25) is 4.79 Å². The predicted octanol–water partition coefficient (Wildman–Crippen LogP) is 5.06. The number of ether oxygens (including phenoxy) is 1. The highest BCUT2D eigenvalue weighted by Crippen LogP contribution is 2.26. The SMILES string of the molecule is Cc1nn(-c2ccccc2)c(C)c1NC(=O)COC(=O)c1csc(-c2cccc(Cl)c2)n1. The number of thiazole rings is 1. The molecule has 0 atom stereocenters. The molecule has 0 saturated heterocycles. The average molecular weight is 467 g/mol. The second-order valence-electron chi connectivity index (χ2n) is 6.97. The predicted molar refractivity (Wildman–Crippen MR) is 125 cm³/mol. The van der Waals surface area contributed by atoms with Crippen LogP contribution in [0.2, 0.25) is 5.02 Å². The van der Waals surface area contributed by atoms with Gasteiger partial charge in [0.2, 0.25) is 0 Å². The van der Waals surface area contributed by atoms with Crippen LogP contribution in [0.3, 0.4) is 0 Å². The highest BCUT2D eigenvalue weighted by Gasteiger charge is 2.18. The number of hydrogen-bond donors (Lipinski definition) is 1. The van der Waals surface area contributed by atoms with Crippen LogP contribution in [0.5, 0.6) is 0 Å². The molecule has 2 aromatic heterocycles. The molecule has 0 spiro atoms. The van der Waals surface area contributed by atoms with Crippen LogP contribution in [0.25, 0.3) is 16.3 Å². The van der Waals surface area contributed by atoms with Crippen LogP contribution >= 0.6 is 22.9 Å². The Kier molecular flexibility index (Phi) is 6.34. The van der Waals surface area contributed by atoms with Crippen LogP contribution in [-0.4, -0.2) is 33.2 Å². The van der Waals surface area contributed by atoms with Gasteiger partial charge in [0.1, 0.15) is 5.01 Å². The molecule has 0 unspecified atom stereocenters. The van der Waals surface area contributed by atoms with Crippen molar-refractivity contribution in [3.63, 3.8) is 0 Å². The number of anilines is 1. The highest BCUT2D eigenvalue weighted by molar-refractivity contribution is 7.13. The van der Waals surface area contributed by atoms with Gasteiger partial charge in [0, 0.05) is 16.0 Å². The van der Waals surface area contributed by atoms with Gasteiger partial charge in [-0.1, -0.05) is 41.9 Å². The Labute approximate surface area is 193 Å². The molecular formula is C23H19ClN4O3S. The maximum atomic E-state index is 12.4. The number of halogens is 1. The van der Waals surface area contributed by atoms with Gasteiger partial charge >= 0.3 is 5.97 Å². The van der Waals surface area contributed by atoms with E-state index in [0.717, 1.165) is 16.9 Å². The summed E-state index contributed by atoms with van der Waals surface area (Å²) in [5.41, 5.74) is 3.87. The molecule has 0 radical (unpaired) electrons. The molecule has 0 aliphatic carbocycles. The first-order chi connectivity index (χ1) is 15.4. The second kappa shape index (κ2) is 9.33. The van der Waals surface area contributed by atoms with E-state index in [-0.39, 0.29) is 5.69 Å². The lowest BCUT2D eigenvalue weighted by atomic mass is 10.2. The third kappa shape index (κ3) is 4.71. The Morgan fingerprint density at radius 1 is 1.12 bits per heavy atom. The Balaban J connectivity index is 1.39. The zero-order valence-electron chi connectivity index (χ0n) is 17.3. The quantitative estimate of drug-likeness (QED) is 0.401. The fraction of sp³-hybridized carbons (Fsp3) is 0.130. The smallest absolute Gasteiger partial charge is 0.358 e. The highest BCUT2D eigenvalue weighted by atomic mass is 35.5. The van der Waals surface area contributed by atoms with Crippen LogP contribution in [-0.2, 0) is 9.53 Å². The van der Waals surface area contributed by atoms with Gasteiger partial charge in [0.15, 0.2) is 12.3 Å². The van der Waals surface area contributed by atoms with E-state index in [0.29, 0.717) is 21.4 Å². The summed E-state index contributed by atoms with van der Waals surface area (Å²) in [6.45, 7) is 3.24. The van der Waals surface area contributed by atoms with Crippen molar-refractivity contribution in [1.29, 1.82) is 0 Å². The molecule has 0 saturated carbocycles. The Hall–Kier alpha value is -3.49. The number of amides is 1. The number of carbonyl (C=O) groups is 2. The number of nitrogens with one attached hydrogen (secondary N) is 1. The maximum Gasteiger partial charge on any atom is 0.358 e. The summed E-state index contributed by atoms with van der Waals surface area (Å²) in [6, 6.07) is 16.8. The summed E-state index contributed by atoms with van der Waals surface area (Å²) in [5.74, 6) is -1.12. The lowest BCUT2D eigenvalue weighted by Gasteiger charge is -2.07. The van der Waals surface area contributed by atoms with E-state index in [9.17, 15) is 9.59 Å². The van der Waals surface area contributed by atoms with Crippen LogP contribution in [0.4, 0.5) is 5.69 Å². The summed E-state index contributed by atoms with van der Waals surface area (Å²) in [5, 5.41) is 10.1. The van der Waals surface area contributed by atoms with Crippen LogP contribution < -0.4 is 5.32 Å². The first-order valence-corrected chi connectivity index (χ1v) is 11.0. The van der Waals surface area contributed by atoms with Crippen molar-refractivity contribution in [2.24, 2.45) is 0 Å². The van der Waals surface area contributed by atoms with Gasteiger partial charge in [-0.2, -0.15) is 5.10 Å². The lowest BCUT2D eigenvalue weighted by Crippen LogP contribution is -2.21. The first-order valence-electron chi connectivity index (χ1n) is 9.72. The van der Waals surface area contributed by atoms with Gasteiger partial charge in [0.05, 0.1) is 22.8 Å². The Morgan fingerprint density at radius 3 is 2.66 bits per heavy atom. The molecule has 0 aliphatic heterocycles. The van der Waals surface area contributed by atoms with E-state index < -0.39 is 18.5 Å². The molecule has 7 nitrogen and oxygen atoms in total. The van der Waals surface area contributed by atoms with Gasteiger partial charge in [0.25, 0.3) is 5.91 Å². The number of carbonyl (C=O) groups excluding carboxylic acids is 2. The van der Waals surface area contributed by atoms with Gasteiger partial charge in [-0.05, 0) is 38.1 Å². The van der Waals surface area contributed by atoms with E-state index in [2.05, 4.69) is 15.4 Å². The summed E-state index contributed by atoms with van der Waals surface area (Å²) in [7, 11) is 0. The largest absolute Gasteiger partial charge is 0.451 e. The third-order valence-electron chi connectivity index (χ3n) is 4.68. The molecule has 32 heavy (non-hydrogen) atoms. The number of para-hydroxylation sites is 1. The number of aromatic nitrogens is 3. The third-order valence-corrected chi connectivity index (χ3v) is 5.80. The summed E-state index contributed by atoms with van der Waals surface area (Å²) < 4.78 is 6.90. The fourth-order valence-corrected chi connectivity index (χ4v) is 4.12. The molecule has 1 N–H and O–H groups in total. The monoisotopic (exact) mass is 466 g/mol. The molecule has 162 valence electrons. The minimum atomic E-state index is -0.668. The van der Waals surface area contributed by atoms with Crippen LogP contribution in [0.1, 0.15) is 21.9 Å². The molecule has 0 aliphatic rings. The summed E-state index contributed by atoms with van der Waals surface area (Å²) >= 11 is 7.31. The van der Waals surface area contributed by atoms with E-state index in [1.807, 2.05) is 49.4 Å². The topological polar surface area (TPSA) is 86.1 Å². The van der Waals surface area contributed by atoms with Crippen molar-refractivity contribution < 1.29 is 14.3 Å². The minimum Gasteiger partial charge on any atom is -0.451 e. The van der Waals surface area contributed by atoms with E-state index in [1.165, 1.54) is 11.3 Å². The number of esters is 1. The van der Waals surface area contributed by atoms with Crippen molar-refractivity contribution >= 4 is 40.5 Å². The molecule has 4 rings (SSSR count). The minimum absolute atomic E-state index is 0.141. The molecule has 4 aromatic rings. The van der Waals surface area contributed by atoms with Crippen molar-refractivity contribution in [1.82, 2.24) is 14.8 Å². The average Bonchev–Trinajstić information content (AvgIpc) is 3.39. The molecule has 1 amide bonds.